The summed E-state index contributed by atoms with van der Waals surface area (Å²) in [6.07, 6.45) is 6.90. The highest BCUT2D eigenvalue weighted by molar-refractivity contribution is 8.76. The maximum Gasteiger partial charge on any atom is 0.244 e. The minimum atomic E-state index is -1.51. The smallest absolute Gasteiger partial charge is 0.244 e. The molecule has 9 atom stereocenters. The van der Waals surface area contributed by atoms with Crippen LogP contribution < -0.4 is 76.5 Å². The van der Waals surface area contributed by atoms with Crippen LogP contribution in [0.15, 0.2) is 95.8 Å². The van der Waals surface area contributed by atoms with Gasteiger partial charge < -0.3 is 91.5 Å². The normalized spacial score (nSPS) is 20.9. The van der Waals surface area contributed by atoms with E-state index in [0.717, 1.165) is 32.5 Å². The summed E-state index contributed by atoms with van der Waals surface area (Å²) in [7, 11) is 1.94. The molecule has 0 bridgehead atoms. The molecule has 0 saturated carbocycles. The number of carbonyl (C=O) groups is 10. The van der Waals surface area contributed by atoms with Gasteiger partial charge in [0.25, 0.3) is 0 Å². The minimum absolute atomic E-state index is 0.0323. The van der Waals surface area contributed by atoms with Gasteiger partial charge in [0.1, 0.15) is 54.4 Å². The van der Waals surface area contributed by atoms with Crippen LogP contribution in [0.1, 0.15) is 62.0 Å². The number of benzene rings is 2. The van der Waals surface area contributed by atoms with Gasteiger partial charge in [-0.15, -0.1) is 0 Å². The lowest BCUT2D eigenvalue weighted by atomic mass is 10.0. The van der Waals surface area contributed by atoms with Crippen molar-refractivity contribution in [3.63, 3.8) is 0 Å². The highest BCUT2D eigenvalue weighted by Crippen LogP contribution is 2.24. The summed E-state index contributed by atoms with van der Waals surface area (Å²) >= 11 is 0. The van der Waals surface area contributed by atoms with Crippen LogP contribution in [0.5, 0.6) is 0 Å². The third kappa shape index (κ3) is 21.7. The number of fused-ring (bicyclic) bond motifs is 1. The fourth-order valence-corrected chi connectivity index (χ4v) is 11.5. The van der Waals surface area contributed by atoms with Crippen LogP contribution in [0.4, 0.5) is 0 Å². The molecule has 22 N–H and O–H groups in total. The first-order valence-corrected chi connectivity index (χ1v) is 30.5. The van der Waals surface area contributed by atoms with Crippen LogP contribution in [-0.4, -0.2) is 175 Å². The molecule has 0 radical (unpaired) electrons. The molecule has 6 rings (SSSR count). The summed E-state index contributed by atoms with van der Waals surface area (Å²) in [6.45, 7) is 2.61. The van der Waals surface area contributed by atoms with Crippen molar-refractivity contribution >= 4 is 103 Å². The van der Waals surface area contributed by atoms with E-state index >= 15 is 0 Å². The van der Waals surface area contributed by atoms with Gasteiger partial charge in [-0.25, -0.2) is 9.97 Å². The van der Waals surface area contributed by atoms with Crippen LogP contribution in [-0.2, 0) is 73.6 Å². The molecule has 1 aliphatic rings. The second-order valence-electron chi connectivity index (χ2n) is 20.6. The number of hydrogen-bond donors (Lipinski definition) is 17. The predicted molar refractivity (Wildman–Crippen MR) is 329 cm³/mol. The lowest BCUT2D eigenvalue weighted by molar-refractivity contribution is -0.135. The summed E-state index contributed by atoms with van der Waals surface area (Å²) in [5, 5.41) is 24.8. The Labute approximate surface area is 513 Å². The lowest BCUT2D eigenvalue weighted by Crippen LogP contribution is -2.61. The maximum atomic E-state index is 14.8. The number of primary amides is 1. The zero-order valence-corrected chi connectivity index (χ0v) is 50.0. The number of para-hydroxylation sites is 1. The number of nitrogens with zero attached hydrogens (tertiary/aromatic N) is 4. The van der Waals surface area contributed by atoms with Gasteiger partial charge >= 0.3 is 0 Å². The molecule has 33 heteroatoms. The van der Waals surface area contributed by atoms with Crippen LogP contribution >= 0.6 is 21.6 Å². The summed E-state index contributed by atoms with van der Waals surface area (Å²) in [4.78, 5) is 166. The number of hydrogen-bond acceptors (Lipinski definition) is 16. The standard InChI is InChI=1S/C55H75N21O10S2/c1-29-46(79)72-42(21-34-24-62-28-67-34)52(85)73-39(18-31-10-4-3-5-11-31)49(82)70-37(14-8-16-63-54(57)58)47(80)74-40(19-32-22-65-36-13-7-6-12-35(32)36)50(83)75-43(45(56)78)25-87-88-26-44(53(86)68-29)76-48(81)38(15-9-17-64-55(59)60)71-51(84)41(69-30(2)77)20-33-23-61-27-66-33/h3-7,10-13,22-24,27-29,37-44,65H,8-9,14-21,25-26H2,1-2H3,(H2,56,78)(H,61,66)(H,62,67)(H,68,86)(H,69,77)(H,70,82)(H,71,84)(H,72,79)(H,73,85)(H,74,80)(H,75,83)(H,76,81)(H4,57,58,63)(H4,59,60,64)/t29-,37+,38+,39-,40+,41+,42+,43+,44+/m1/s1. The number of imidazole rings is 2. The number of nitrogens with one attached hydrogen (secondary N) is 12. The van der Waals surface area contributed by atoms with E-state index in [4.69, 9.17) is 28.7 Å². The Balaban J connectivity index is 1.37. The second-order valence-corrected chi connectivity index (χ2v) is 23.1. The molecular weight excluding hydrogens is 1180 g/mol. The molecule has 0 aliphatic carbocycles. The van der Waals surface area contributed by atoms with Crippen LogP contribution in [0.2, 0.25) is 0 Å². The van der Waals surface area contributed by atoms with Gasteiger partial charge in [0, 0.05) is 98.1 Å². The summed E-state index contributed by atoms with van der Waals surface area (Å²) < 4.78 is 0. The highest BCUT2D eigenvalue weighted by atomic mass is 33.1. The Morgan fingerprint density at radius 2 is 1.19 bits per heavy atom. The van der Waals surface area contributed by atoms with E-state index < -0.39 is 113 Å². The number of rotatable bonds is 22. The summed E-state index contributed by atoms with van der Waals surface area (Å²) in [5.74, 6) is -9.29. The summed E-state index contributed by atoms with van der Waals surface area (Å²) in [6, 6.07) is 3.27. The van der Waals surface area contributed by atoms with Crippen LogP contribution in [0.25, 0.3) is 10.9 Å². The molecule has 0 spiro atoms. The molecule has 0 unspecified atom stereocenters. The van der Waals surface area contributed by atoms with Gasteiger partial charge in [0.15, 0.2) is 11.9 Å². The third-order valence-corrected chi connectivity index (χ3v) is 16.1. The van der Waals surface area contributed by atoms with Crippen molar-refractivity contribution in [2.24, 2.45) is 38.7 Å². The van der Waals surface area contributed by atoms with Crippen LogP contribution in [0.3, 0.4) is 0 Å². The number of aliphatic imine (C=N–C) groups is 2. The van der Waals surface area contributed by atoms with Gasteiger partial charge in [0.2, 0.25) is 59.1 Å². The molecule has 1 fully saturated rings. The zero-order chi connectivity index (χ0) is 63.7. The SMILES string of the molecule is CC(=O)N[C@@H](Cc1cnc[nH]1)C(=O)N[C@@H](CCCN=C(N)N)C(=O)N[C@H]1CSSC[C@@H](C(N)=O)NC(=O)[C@H](Cc2c[nH]c3ccccc23)NC(=O)[C@H](CCCN=C(N)N)NC(=O)[C@@H](Cc2ccccc2)NC(=O)[C@H](Cc2cnc[nH]2)NC(=O)[C@@H](C)NC1=O. The predicted octanol–water partition coefficient (Wildman–Crippen LogP) is -3.72. The quantitative estimate of drug-likeness (QED) is 0.0137. The zero-order valence-electron chi connectivity index (χ0n) is 48.3. The Morgan fingerprint density at radius 3 is 1.84 bits per heavy atom. The largest absolute Gasteiger partial charge is 0.370 e. The fourth-order valence-electron chi connectivity index (χ4n) is 9.15. The molecule has 4 heterocycles. The molecule has 472 valence electrons. The van der Waals surface area contributed by atoms with E-state index in [0.29, 0.717) is 22.5 Å². The first-order valence-electron chi connectivity index (χ1n) is 28.0. The molecule has 2 aromatic carbocycles. The van der Waals surface area contributed by atoms with Gasteiger partial charge in [0.05, 0.1) is 12.7 Å². The van der Waals surface area contributed by atoms with Gasteiger partial charge in [-0.3, -0.25) is 57.9 Å². The second kappa shape index (κ2) is 33.9. The molecular formula is C55H75N21O10S2. The van der Waals surface area contributed by atoms with Crippen molar-refractivity contribution in [3.05, 3.63) is 108 Å². The number of aromatic amines is 3. The average Bonchev–Trinajstić information content (AvgIpc) is 3.02. The van der Waals surface area contributed by atoms with Crippen molar-refractivity contribution in [2.45, 2.75) is 120 Å². The van der Waals surface area contributed by atoms with E-state index in [-0.39, 0.29) is 87.9 Å². The van der Waals surface area contributed by atoms with E-state index in [9.17, 15) is 47.9 Å². The third-order valence-electron chi connectivity index (χ3n) is 13.7. The fraction of sp³-hybridized carbons (Fsp3) is 0.418. The lowest BCUT2D eigenvalue weighted by Gasteiger charge is -2.27. The van der Waals surface area contributed by atoms with E-state index in [1.807, 2.05) is 18.2 Å². The molecule has 3 aromatic heterocycles. The molecule has 1 aliphatic heterocycles. The first kappa shape index (κ1) is 67.5. The molecule has 1 saturated heterocycles. The number of carbonyl (C=O) groups excluding carboxylic acids is 10. The Morgan fingerprint density at radius 1 is 0.614 bits per heavy atom. The Bertz CT molecular complexity index is 3250. The van der Waals surface area contributed by atoms with E-state index in [1.54, 1.807) is 42.6 Å². The monoisotopic (exact) mass is 1250 g/mol. The van der Waals surface area contributed by atoms with Gasteiger partial charge in [-0.05, 0) is 49.8 Å². The number of H-pyrrole nitrogens is 3. The maximum absolute atomic E-state index is 14.8. The molecule has 10 amide bonds. The highest BCUT2D eigenvalue weighted by Gasteiger charge is 2.36. The number of guanidine groups is 2. The molecule has 31 nitrogen and oxygen atoms in total. The molecule has 5 aromatic rings. The number of nitrogens with two attached hydrogens (primary N) is 5. The van der Waals surface area contributed by atoms with E-state index in [1.165, 1.54) is 38.9 Å². The average molecular weight is 1250 g/mol. The van der Waals surface area contributed by atoms with Crippen molar-refractivity contribution in [3.8, 4) is 0 Å². The van der Waals surface area contributed by atoms with Gasteiger partial charge in [-0.2, -0.15) is 0 Å². The number of amides is 10. The van der Waals surface area contributed by atoms with Crippen LogP contribution in [0, 0.1) is 0 Å². The van der Waals surface area contributed by atoms with Crippen molar-refractivity contribution in [1.82, 2.24) is 72.8 Å². The molecule has 88 heavy (non-hydrogen) atoms. The van der Waals surface area contributed by atoms with Gasteiger partial charge in [-0.1, -0.05) is 70.1 Å². The topological polar surface area (TPSA) is 507 Å². The minimum Gasteiger partial charge on any atom is -0.370 e. The van der Waals surface area contributed by atoms with Crippen molar-refractivity contribution < 1.29 is 47.9 Å². The first-order chi connectivity index (χ1) is 42.1. The number of aromatic nitrogens is 5. The van der Waals surface area contributed by atoms with E-state index in [2.05, 4.69) is 82.8 Å². The Hall–Kier alpha value is -9.66. The Kier molecular flexibility index (Phi) is 26.0. The van der Waals surface area contributed by atoms with Crippen molar-refractivity contribution in [1.29, 1.82) is 0 Å². The summed E-state index contributed by atoms with van der Waals surface area (Å²) in [5.41, 5.74) is 31.0. The van der Waals surface area contributed by atoms with Crippen molar-refractivity contribution in [2.75, 3.05) is 24.6 Å².